The summed E-state index contributed by atoms with van der Waals surface area (Å²) in [5.41, 5.74) is 13.8. The number of hydrogen-bond acceptors (Lipinski definition) is 6. The molecular weight excluding hydrogens is 953 g/mol. The van der Waals surface area contributed by atoms with Gasteiger partial charge < -0.3 is 14.0 Å². The molecule has 0 spiro atoms. The Hall–Kier alpha value is -5.28. The summed E-state index contributed by atoms with van der Waals surface area (Å²) in [5.74, 6) is 8.30. The van der Waals surface area contributed by atoms with Crippen LogP contribution in [0, 0.1) is 26.1 Å². The first kappa shape index (κ1) is 40.9. The van der Waals surface area contributed by atoms with Gasteiger partial charge in [-0.3, -0.25) is 15.0 Å². The SMILES string of the molecule is CCc1cc(-c2[c-]cccc2)nc[c]1[Ge]([CH3])([CH3])[CH3].Cc1cc2c(oc3n[c-]c(-c4nc5cncc(C(C)C)c5n4-c4ccc(-c5ccccc5)cc4)cc32)c(C)n1.[Ir]. The molecule has 293 valence electrons. The molecule has 0 atom stereocenters. The van der Waals surface area contributed by atoms with E-state index >= 15 is 0 Å². The summed E-state index contributed by atoms with van der Waals surface area (Å²) in [6.45, 7) is 10.5. The molecule has 9 heteroatoms. The Kier molecular flexibility index (Phi) is 11.9. The maximum Gasteiger partial charge on any atom is 0.144 e. The van der Waals surface area contributed by atoms with Gasteiger partial charge in [-0.25, -0.2) is 0 Å². The van der Waals surface area contributed by atoms with Gasteiger partial charge in [0.15, 0.2) is 0 Å². The summed E-state index contributed by atoms with van der Waals surface area (Å²) in [4.78, 5) is 23.4. The minimum Gasteiger partial charge on any atom is -0.481 e. The number of rotatable bonds is 7. The zero-order valence-corrected chi connectivity index (χ0v) is 38.7. The average molecular weight is 1000 g/mol. The van der Waals surface area contributed by atoms with Crippen LogP contribution in [0.25, 0.3) is 72.6 Å². The Morgan fingerprint density at radius 1 is 0.793 bits per heavy atom. The normalized spacial score (nSPS) is 11.5. The maximum absolute atomic E-state index is 6.07. The molecule has 0 bridgehead atoms. The van der Waals surface area contributed by atoms with E-state index in [9.17, 15) is 0 Å². The van der Waals surface area contributed by atoms with Gasteiger partial charge in [-0.2, -0.15) is 0 Å². The number of nitrogens with zero attached hydrogens (tertiary/aromatic N) is 6. The second-order valence-electron chi connectivity index (χ2n) is 15.9. The molecule has 0 aliphatic carbocycles. The summed E-state index contributed by atoms with van der Waals surface area (Å²) in [6.07, 6.45) is 10.2. The topological polar surface area (TPSA) is 82.5 Å². The molecule has 1 radical (unpaired) electrons. The molecule has 6 heterocycles. The van der Waals surface area contributed by atoms with Crippen molar-refractivity contribution in [3.05, 3.63) is 150 Å². The second-order valence-corrected chi connectivity index (χ2v) is 26.4. The number of pyridine rings is 4. The quantitative estimate of drug-likeness (QED) is 0.117. The Labute approximate surface area is 356 Å². The van der Waals surface area contributed by atoms with Gasteiger partial charge in [0.2, 0.25) is 0 Å². The molecule has 0 fully saturated rings. The van der Waals surface area contributed by atoms with Crippen LogP contribution >= 0.6 is 0 Å². The number of hydrogen-bond donors (Lipinski definition) is 0. The van der Waals surface area contributed by atoms with Gasteiger partial charge in [0.05, 0.1) is 28.7 Å². The predicted molar refractivity (Wildman–Crippen MR) is 236 cm³/mol. The number of imidazole rings is 1. The van der Waals surface area contributed by atoms with Crippen LogP contribution < -0.4 is 4.40 Å². The Bertz CT molecular complexity index is 2860. The molecule has 3 aromatic carbocycles. The first-order valence-electron chi connectivity index (χ1n) is 19.6. The fourth-order valence-electron chi connectivity index (χ4n) is 7.54. The largest absolute Gasteiger partial charge is 0.481 e. The molecule has 0 aliphatic rings. The molecule has 9 aromatic rings. The smallest absolute Gasteiger partial charge is 0.144 e. The van der Waals surface area contributed by atoms with Crippen LogP contribution in [-0.4, -0.2) is 42.8 Å². The molecule has 0 aliphatic heterocycles. The molecule has 0 saturated heterocycles. The fraction of sp³-hybridized carbons (Fsp3) is 0.204. The van der Waals surface area contributed by atoms with Gasteiger partial charge in [-0.05, 0) is 66.2 Å². The molecule has 9 rings (SSSR count). The summed E-state index contributed by atoms with van der Waals surface area (Å²) in [5, 5.41) is 1.92. The van der Waals surface area contributed by atoms with Crippen molar-refractivity contribution < 1.29 is 24.5 Å². The zero-order chi connectivity index (χ0) is 39.8. The van der Waals surface area contributed by atoms with Gasteiger partial charge in [0.25, 0.3) is 0 Å². The van der Waals surface area contributed by atoms with Crippen molar-refractivity contribution in [2.45, 2.75) is 64.2 Å². The van der Waals surface area contributed by atoms with Gasteiger partial charge in [-0.15, -0.1) is 6.07 Å². The van der Waals surface area contributed by atoms with Gasteiger partial charge in [-0.1, -0.05) is 61.9 Å². The van der Waals surface area contributed by atoms with Crippen LogP contribution in [-0.2, 0) is 26.5 Å². The van der Waals surface area contributed by atoms with Crippen molar-refractivity contribution in [2.24, 2.45) is 0 Å². The second kappa shape index (κ2) is 16.9. The number of aryl methyl sites for hydroxylation is 3. The Balaban J connectivity index is 0.000000227. The van der Waals surface area contributed by atoms with Crippen LogP contribution in [0.1, 0.15) is 49.2 Å². The monoisotopic (exact) mass is 1000 g/mol. The molecular formula is C49H46GeIrN6O-2. The third kappa shape index (κ3) is 8.06. The van der Waals surface area contributed by atoms with E-state index in [1.807, 2.05) is 56.6 Å². The summed E-state index contributed by atoms with van der Waals surface area (Å²) in [7, 11) is 0. The van der Waals surface area contributed by atoms with Crippen molar-refractivity contribution in [2.75, 3.05) is 0 Å². The van der Waals surface area contributed by atoms with Crippen LogP contribution in [0.5, 0.6) is 0 Å². The van der Waals surface area contributed by atoms with Crippen molar-refractivity contribution in [3.8, 4) is 39.5 Å². The first-order valence-corrected chi connectivity index (χ1v) is 26.9. The molecule has 58 heavy (non-hydrogen) atoms. The minimum absolute atomic E-state index is 0. The van der Waals surface area contributed by atoms with Crippen LogP contribution in [0.2, 0.25) is 17.3 Å². The van der Waals surface area contributed by atoms with Gasteiger partial charge in [0, 0.05) is 43.1 Å². The Morgan fingerprint density at radius 3 is 2.22 bits per heavy atom. The van der Waals surface area contributed by atoms with Crippen molar-refractivity contribution >= 4 is 50.8 Å². The molecule has 7 nitrogen and oxygen atoms in total. The minimum atomic E-state index is -1.80. The zero-order valence-electron chi connectivity index (χ0n) is 34.2. The fourth-order valence-corrected chi connectivity index (χ4v) is 11.0. The molecule has 0 N–H and O–H groups in total. The van der Waals surface area contributed by atoms with E-state index in [1.165, 1.54) is 15.5 Å². The first-order chi connectivity index (χ1) is 27.5. The average Bonchev–Trinajstić information content (AvgIpc) is 3.80. The van der Waals surface area contributed by atoms with Gasteiger partial charge >= 0.3 is 113 Å². The Morgan fingerprint density at radius 2 is 1.53 bits per heavy atom. The van der Waals surface area contributed by atoms with E-state index in [0.717, 1.165) is 84.7 Å². The molecule has 0 unspecified atom stereocenters. The van der Waals surface area contributed by atoms with Crippen molar-refractivity contribution in [1.29, 1.82) is 0 Å². The molecule has 0 saturated carbocycles. The van der Waals surface area contributed by atoms with Crippen molar-refractivity contribution in [1.82, 2.24) is 29.5 Å². The number of fused-ring (bicyclic) bond motifs is 4. The standard InChI is InChI=1S/C33H26N5O.C16H20GeN.Ir/c1-19(2)28-17-34-18-29-30(28)38(25-12-10-23(11-13-25)22-8-6-5-7-9-22)32(37-29)24-15-27-26-14-20(3)36-21(4)31(26)39-33(27)35-16-24;1-5-13-11-16(14-9-7-6-8-10-14)18-12-15(13)17(2,3)4;/h5-15,17-19H,1-4H3;6-9,11-12H,5H2,1-4H3;/q2*-1;. The van der Waals surface area contributed by atoms with Crippen molar-refractivity contribution in [3.63, 3.8) is 0 Å². The van der Waals surface area contributed by atoms with Crippen LogP contribution in [0.4, 0.5) is 0 Å². The molecule has 0 amide bonds. The van der Waals surface area contributed by atoms with E-state index in [4.69, 9.17) is 9.40 Å². The summed E-state index contributed by atoms with van der Waals surface area (Å²) >= 11 is -1.80. The van der Waals surface area contributed by atoms with Gasteiger partial charge in [0.1, 0.15) is 11.3 Å². The van der Waals surface area contributed by atoms with E-state index < -0.39 is 13.3 Å². The van der Waals surface area contributed by atoms with E-state index in [1.54, 1.807) is 0 Å². The third-order valence-electron chi connectivity index (χ3n) is 10.4. The van der Waals surface area contributed by atoms with E-state index in [0.29, 0.717) is 5.71 Å². The predicted octanol–water partition coefficient (Wildman–Crippen LogP) is 11.6. The number of aromatic nitrogens is 6. The van der Waals surface area contributed by atoms with Crippen LogP contribution in [0.15, 0.2) is 120 Å². The maximum atomic E-state index is 6.07. The van der Waals surface area contributed by atoms with Crippen LogP contribution in [0.3, 0.4) is 0 Å². The van der Waals surface area contributed by atoms with E-state index in [-0.39, 0.29) is 26.0 Å². The number of benzene rings is 3. The third-order valence-corrected chi connectivity index (χ3v) is 14.7. The number of furan rings is 1. The summed E-state index contributed by atoms with van der Waals surface area (Å²) in [6, 6.07) is 36.7. The van der Waals surface area contributed by atoms with E-state index in [2.05, 4.69) is 148 Å². The summed E-state index contributed by atoms with van der Waals surface area (Å²) < 4.78 is 9.80. The molecule has 6 aromatic heterocycles.